The van der Waals surface area contributed by atoms with Gasteiger partial charge in [-0.05, 0) is 19.3 Å². The zero-order valence-corrected chi connectivity index (χ0v) is 15.2. The lowest BCUT2D eigenvalue weighted by molar-refractivity contribution is 0.0492. The summed E-state index contributed by atoms with van der Waals surface area (Å²) in [6.45, 7) is 17.3. The van der Waals surface area contributed by atoms with Crippen LogP contribution in [-0.4, -0.2) is 26.0 Å². The second kappa shape index (κ2) is 6.23. The van der Waals surface area contributed by atoms with E-state index in [1.807, 2.05) is 55.4 Å². The molecule has 0 aliphatic heterocycles. The summed E-state index contributed by atoms with van der Waals surface area (Å²) in [6, 6.07) is 0. The van der Waals surface area contributed by atoms with Gasteiger partial charge in [0.1, 0.15) is 0 Å². The zero-order chi connectivity index (χ0) is 15.6. The lowest BCUT2D eigenvalue weighted by Gasteiger charge is -2.46. The normalized spacial score (nSPS) is 17.7. The molecule has 116 valence electrons. The maximum absolute atomic E-state index is 15.7. The van der Waals surface area contributed by atoms with Gasteiger partial charge < -0.3 is 9.53 Å². The quantitative estimate of drug-likeness (QED) is 0.582. The summed E-state index contributed by atoms with van der Waals surface area (Å²) >= 11 is 0. The minimum atomic E-state index is -3.46. The average molecular weight is 293 g/mol. The van der Waals surface area contributed by atoms with Crippen molar-refractivity contribution in [3.05, 3.63) is 0 Å². The van der Waals surface area contributed by atoms with Crippen LogP contribution in [-0.2, 0) is 4.43 Å². The van der Waals surface area contributed by atoms with E-state index in [-0.39, 0.29) is 12.0 Å². The highest BCUT2D eigenvalue weighted by atomic mass is 28.4. The standard InChI is InChI=1S/C15H33FO2Si/c1-11(2)13(10-12(3)17)18-19(16,14(4,5)6)15(7,8)9/h11-13,17H,10H2,1-9H3/t12-,13-/m0/s1. The molecule has 0 aromatic heterocycles. The first-order chi connectivity index (χ1) is 8.22. The molecule has 0 aliphatic rings. The summed E-state index contributed by atoms with van der Waals surface area (Å²) in [5, 5.41) is 8.61. The van der Waals surface area contributed by atoms with Crippen LogP contribution in [0.4, 0.5) is 4.11 Å². The van der Waals surface area contributed by atoms with E-state index in [9.17, 15) is 5.11 Å². The van der Waals surface area contributed by atoms with Crippen LogP contribution in [0, 0.1) is 5.92 Å². The number of aliphatic hydroxyl groups is 1. The Morgan fingerprint density at radius 2 is 1.37 bits per heavy atom. The van der Waals surface area contributed by atoms with Crippen LogP contribution in [0.15, 0.2) is 0 Å². The molecule has 0 saturated heterocycles. The minimum absolute atomic E-state index is 0.196. The van der Waals surface area contributed by atoms with Gasteiger partial charge in [-0.15, -0.1) is 0 Å². The van der Waals surface area contributed by atoms with Crippen molar-refractivity contribution in [1.82, 2.24) is 0 Å². The lowest BCUT2D eigenvalue weighted by atomic mass is 10.0. The maximum Gasteiger partial charge on any atom is 0.394 e. The van der Waals surface area contributed by atoms with Gasteiger partial charge in [0.25, 0.3) is 0 Å². The Morgan fingerprint density at radius 1 is 1.00 bits per heavy atom. The van der Waals surface area contributed by atoms with E-state index in [1.54, 1.807) is 6.92 Å². The molecule has 0 aromatic rings. The van der Waals surface area contributed by atoms with E-state index < -0.39 is 24.8 Å². The van der Waals surface area contributed by atoms with Crippen molar-refractivity contribution in [3.63, 3.8) is 0 Å². The van der Waals surface area contributed by atoms with Crippen molar-refractivity contribution in [1.29, 1.82) is 0 Å². The van der Waals surface area contributed by atoms with Crippen molar-refractivity contribution in [2.24, 2.45) is 5.92 Å². The molecule has 0 aromatic carbocycles. The maximum atomic E-state index is 15.7. The van der Waals surface area contributed by atoms with Crippen molar-refractivity contribution in [2.45, 2.75) is 91.0 Å². The topological polar surface area (TPSA) is 29.5 Å². The highest BCUT2D eigenvalue weighted by Crippen LogP contribution is 2.53. The molecule has 1 N–H and O–H groups in total. The fourth-order valence-corrected chi connectivity index (χ4v) is 6.22. The fourth-order valence-electron chi connectivity index (χ4n) is 2.48. The van der Waals surface area contributed by atoms with Crippen molar-refractivity contribution >= 4 is 8.65 Å². The number of hydrogen-bond acceptors (Lipinski definition) is 2. The zero-order valence-electron chi connectivity index (χ0n) is 14.2. The number of rotatable bonds is 5. The van der Waals surface area contributed by atoms with Crippen LogP contribution in [0.25, 0.3) is 0 Å². The molecule has 0 heterocycles. The Kier molecular flexibility index (Phi) is 6.25. The molecule has 2 nitrogen and oxygen atoms in total. The molecular formula is C15H33FO2Si. The first kappa shape index (κ1) is 19.1. The van der Waals surface area contributed by atoms with Crippen LogP contribution >= 0.6 is 0 Å². The summed E-state index contributed by atoms with van der Waals surface area (Å²) in [5.41, 5.74) is 0. The summed E-state index contributed by atoms with van der Waals surface area (Å²) in [5.74, 6) is 0.196. The molecule has 0 aliphatic carbocycles. The van der Waals surface area contributed by atoms with Gasteiger partial charge in [0.15, 0.2) is 0 Å². The molecule has 0 unspecified atom stereocenters. The van der Waals surface area contributed by atoms with Gasteiger partial charge in [-0.3, -0.25) is 4.11 Å². The van der Waals surface area contributed by atoms with Crippen molar-refractivity contribution in [3.8, 4) is 0 Å². The Labute approximate surface area is 120 Å². The second-order valence-corrected chi connectivity index (χ2v) is 12.5. The van der Waals surface area contributed by atoms with Gasteiger partial charge in [0.05, 0.1) is 12.2 Å². The van der Waals surface area contributed by atoms with E-state index in [1.165, 1.54) is 0 Å². The largest absolute Gasteiger partial charge is 0.394 e. The number of halogens is 1. The summed E-state index contributed by atoms with van der Waals surface area (Å²) in [7, 11) is -3.46. The van der Waals surface area contributed by atoms with Crippen LogP contribution in [0.2, 0.25) is 10.1 Å². The molecule has 0 spiro atoms. The van der Waals surface area contributed by atoms with E-state index >= 15 is 4.11 Å². The van der Waals surface area contributed by atoms with Crippen LogP contribution < -0.4 is 0 Å². The van der Waals surface area contributed by atoms with Gasteiger partial charge >= 0.3 is 8.65 Å². The molecule has 0 radical (unpaired) electrons. The average Bonchev–Trinajstić information content (AvgIpc) is 2.11. The Morgan fingerprint density at radius 3 is 1.58 bits per heavy atom. The van der Waals surface area contributed by atoms with E-state index in [0.717, 1.165) is 0 Å². The predicted octanol–water partition coefficient (Wildman–Crippen LogP) is 4.81. The van der Waals surface area contributed by atoms with Gasteiger partial charge in [-0.25, -0.2) is 0 Å². The third-order valence-electron chi connectivity index (χ3n) is 3.56. The summed E-state index contributed by atoms with van der Waals surface area (Å²) in [6.07, 6.45) is -0.205. The molecule has 0 rings (SSSR count). The first-order valence-corrected chi connectivity index (χ1v) is 9.06. The van der Waals surface area contributed by atoms with E-state index in [0.29, 0.717) is 6.42 Å². The predicted molar refractivity (Wildman–Crippen MR) is 82.3 cm³/mol. The second-order valence-electron chi connectivity index (χ2n) is 8.08. The van der Waals surface area contributed by atoms with Crippen molar-refractivity contribution < 1.29 is 13.6 Å². The van der Waals surface area contributed by atoms with Crippen LogP contribution in [0.1, 0.15) is 68.7 Å². The Balaban J connectivity index is 5.32. The summed E-state index contributed by atoms with van der Waals surface area (Å²) in [4.78, 5) is 0. The highest BCUT2D eigenvalue weighted by molar-refractivity contribution is 6.72. The van der Waals surface area contributed by atoms with Crippen LogP contribution in [0.5, 0.6) is 0 Å². The van der Waals surface area contributed by atoms with Gasteiger partial charge in [0.2, 0.25) is 0 Å². The Bertz CT molecular complexity index is 263. The third-order valence-corrected chi connectivity index (χ3v) is 8.05. The molecule has 0 bridgehead atoms. The molecule has 19 heavy (non-hydrogen) atoms. The van der Waals surface area contributed by atoms with Crippen molar-refractivity contribution in [2.75, 3.05) is 0 Å². The van der Waals surface area contributed by atoms with E-state index in [2.05, 4.69) is 0 Å². The lowest BCUT2D eigenvalue weighted by Crippen LogP contribution is -2.54. The Hall–Kier alpha value is 0.0669. The SMILES string of the molecule is CC(C)[C@H](C[C@H](C)O)O[Si](F)(C(C)(C)C)C(C)(C)C. The molecule has 2 atom stereocenters. The van der Waals surface area contributed by atoms with Gasteiger partial charge in [-0.2, -0.15) is 0 Å². The molecule has 0 fully saturated rings. The molecular weight excluding hydrogens is 259 g/mol. The molecule has 4 heteroatoms. The van der Waals surface area contributed by atoms with Crippen LogP contribution in [0.3, 0.4) is 0 Å². The molecule has 0 amide bonds. The third kappa shape index (κ3) is 4.83. The monoisotopic (exact) mass is 292 g/mol. The number of aliphatic hydroxyl groups excluding tert-OH is 1. The minimum Gasteiger partial charge on any atom is -0.393 e. The first-order valence-electron chi connectivity index (χ1n) is 7.27. The smallest absolute Gasteiger partial charge is 0.393 e. The van der Waals surface area contributed by atoms with Gasteiger partial charge in [0, 0.05) is 10.1 Å². The number of hydrogen-bond donors (Lipinski definition) is 1. The van der Waals surface area contributed by atoms with E-state index in [4.69, 9.17) is 4.43 Å². The van der Waals surface area contributed by atoms with Gasteiger partial charge in [-0.1, -0.05) is 55.4 Å². The highest BCUT2D eigenvalue weighted by Gasteiger charge is 2.59. The summed E-state index contributed by atoms with van der Waals surface area (Å²) < 4.78 is 21.8. The fraction of sp³-hybridized carbons (Fsp3) is 1.00. The molecule has 0 saturated carbocycles.